The lowest BCUT2D eigenvalue weighted by Crippen LogP contribution is -2.08. The molecule has 0 atom stereocenters. The second kappa shape index (κ2) is 2.95. The van der Waals surface area contributed by atoms with Crippen LogP contribution in [0.25, 0.3) is 5.82 Å². The van der Waals surface area contributed by atoms with E-state index in [-0.39, 0.29) is 5.56 Å². The van der Waals surface area contributed by atoms with Crippen LogP contribution in [0, 0.1) is 0 Å². The molecule has 1 N–H and O–H groups in total. The first-order valence-corrected chi connectivity index (χ1v) is 3.80. The first-order valence-electron chi connectivity index (χ1n) is 3.80. The van der Waals surface area contributed by atoms with E-state index in [2.05, 4.69) is 15.2 Å². The Labute approximate surface area is 78.6 Å². The van der Waals surface area contributed by atoms with Crippen LogP contribution >= 0.6 is 0 Å². The lowest BCUT2D eigenvalue weighted by atomic mass is 10.3. The van der Waals surface area contributed by atoms with Crippen molar-refractivity contribution in [3.63, 3.8) is 0 Å². The highest BCUT2D eigenvalue weighted by atomic mass is 16.4. The molecule has 0 fully saturated rings. The van der Waals surface area contributed by atoms with Crippen molar-refractivity contribution < 1.29 is 9.90 Å². The zero-order chi connectivity index (χ0) is 10.1. The van der Waals surface area contributed by atoms with E-state index in [9.17, 15) is 4.79 Å². The number of aryl methyl sites for hydroxylation is 1. The summed E-state index contributed by atoms with van der Waals surface area (Å²) in [7, 11) is 1.64. The summed E-state index contributed by atoms with van der Waals surface area (Å²) in [6.45, 7) is 0. The number of hydrogen-bond donors (Lipinski definition) is 1. The zero-order valence-corrected chi connectivity index (χ0v) is 7.32. The molecule has 0 bridgehead atoms. The van der Waals surface area contributed by atoms with Gasteiger partial charge in [0, 0.05) is 7.05 Å². The van der Waals surface area contributed by atoms with Gasteiger partial charge < -0.3 is 5.11 Å². The largest absolute Gasteiger partial charge is 0.477 e. The fraction of sp³-hybridized carbons (Fsp3) is 0.143. The fourth-order valence-electron chi connectivity index (χ4n) is 1.17. The number of carboxylic acids is 1. The summed E-state index contributed by atoms with van der Waals surface area (Å²) in [6.07, 6.45) is 4.03. The summed E-state index contributed by atoms with van der Waals surface area (Å²) in [5, 5.41) is 16.5. The Morgan fingerprint density at radius 2 is 2.29 bits per heavy atom. The van der Waals surface area contributed by atoms with Crippen LogP contribution < -0.4 is 0 Å². The number of carbonyl (C=O) groups is 1. The van der Waals surface area contributed by atoms with Crippen LogP contribution in [0.5, 0.6) is 0 Å². The minimum absolute atomic E-state index is 0.0954. The van der Waals surface area contributed by atoms with E-state index >= 15 is 0 Å². The van der Waals surface area contributed by atoms with Crippen molar-refractivity contribution in [2.75, 3.05) is 0 Å². The molecule has 0 aliphatic carbocycles. The van der Waals surface area contributed by atoms with E-state index in [1.165, 1.54) is 28.2 Å². The number of rotatable bonds is 2. The van der Waals surface area contributed by atoms with Crippen LogP contribution in [0.15, 0.2) is 18.9 Å². The Balaban J connectivity index is 2.62. The maximum atomic E-state index is 10.8. The summed E-state index contributed by atoms with van der Waals surface area (Å²) in [6, 6.07) is 0. The molecule has 0 unspecified atom stereocenters. The molecular formula is C7H7N5O2. The van der Waals surface area contributed by atoms with Crippen molar-refractivity contribution in [1.29, 1.82) is 0 Å². The average Bonchev–Trinajstić information content (AvgIpc) is 2.71. The third-order valence-corrected chi connectivity index (χ3v) is 1.77. The van der Waals surface area contributed by atoms with E-state index in [4.69, 9.17) is 5.11 Å². The molecule has 2 aromatic heterocycles. The van der Waals surface area contributed by atoms with Gasteiger partial charge in [-0.15, -0.1) is 0 Å². The molecule has 2 aromatic rings. The minimum Gasteiger partial charge on any atom is -0.477 e. The zero-order valence-electron chi connectivity index (χ0n) is 7.32. The van der Waals surface area contributed by atoms with Crippen molar-refractivity contribution in [2.24, 2.45) is 7.05 Å². The molecule has 0 aromatic carbocycles. The van der Waals surface area contributed by atoms with Crippen LogP contribution in [-0.2, 0) is 7.05 Å². The molecule has 14 heavy (non-hydrogen) atoms. The van der Waals surface area contributed by atoms with Gasteiger partial charge in [0.1, 0.15) is 18.2 Å². The van der Waals surface area contributed by atoms with Gasteiger partial charge in [0.25, 0.3) is 0 Å². The monoisotopic (exact) mass is 193 g/mol. The van der Waals surface area contributed by atoms with Crippen LogP contribution in [0.2, 0.25) is 0 Å². The summed E-state index contributed by atoms with van der Waals surface area (Å²) < 4.78 is 2.79. The third kappa shape index (κ3) is 1.15. The molecule has 0 spiro atoms. The highest BCUT2D eigenvalue weighted by Crippen LogP contribution is 2.11. The molecule has 0 saturated carbocycles. The van der Waals surface area contributed by atoms with Crippen LogP contribution in [0.4, 0.5) is 0 Å². The molecule has 0 aliphatic heterocycles. The van der Waals surface area contributed by atoms with Gasteiger partial charge in [-0.1, -0.05) is 0 Å². The summed E-state index contributed by atoms with van der Waals surface area (Å²) >= 11 is 0. The number of hydrogen-bond acceptors (Lipinski definition) is 4. The van der Waals surface area contributed by atoms with Gasteiger partial charge in [-0.2, -0.15) is 10.2 Å². The molecule has 7 nitrogen and oxygen atoms in total. The molecule has 0 saturated heterocycles. The Kier molecular flexibility index (Phi) is 1.77. The first kappa shape index (κ1) is 8.42. The Bertz CT molecular complexity index is 458. The van der Waals surface area contributed by atoms with E-state index < -0.39 is 5.97 Å². The van der Waals surface area contributed by atoms with Gasteiger partial charge in [-0.3, -0.25) is 4.68 Å². The van der Waals surface area contributed by atoms with Crippen molar-refractivity contribution in [2.45, 2.75) is 0 Å². The summed E-state index contributed by atoms with van der Waals surface area (Å²) in [4.78, 5) is 14.6. The smallest absolute Gasteiger partial charge is 0.341 e. The number of aromatic nitrogens is 5. The Morgan fingerprint density at radius 3 is 2.86 bits per heavy atom. The van der Waals surface area contributed by atoms with Crippen molar-refractivity contribution in [3.05, 3.63) is 24.4 Å². The second-order valence-electron chi connectivity index (χ2n) is 2.65. The molecule has 0 radical (unpaired) electrons. The van der Waals surface area contributed by atoms with Gasteiger partial charge in [-0.25, -0.2) is 14.5 Å². The molecule has 2 heterocycles. The van der Waals surface area contributed by atoms with E-state index in [1.54, 1.807) is 7.05 Å². The van der Waals surface area contributed by atoms with Gasteiger partial charge in [-0.05, 0) is 0 Å². The number of carboxylic acid groups (broad SMARTS) is 1. The third-order valence-electron chi connectivity index (χ3n) is 1.77. The number of nitrogens with zero attached hydrogens (tertiary/aromatic N) is 5. The molecule has 7 heteroatoms. The predicted molar refractivity (Wildman–Crippen MR) is 45.1 cm³/mol. The standard InChI is InChI=1S/C7H7N5O2/c1-11-6(12-4-8-3-10-12)5(2-9-11)7(13)14/h2-4H,1H3,(H,13,14). The fourth-order valence-corrected chi connectivity index (χ4v) is 1.17. The quantitative estimate of drug-likeness (QED) is 0.707. The summed E-state index contributed by atoms with van der Waals surface area (Å²) in [5.41, 5.74) is 0.0954. The average molecular weight is 193 g/mol. The van der Waals surface area contributed by atoms with E-state index in [1.807, 2.05) is 0 Å². The molecule has 0 aliphatic rings. The van der Waals surface area contributed by atoms with Crippen LogP contribution in [0.3, 0.4) is 0 Å². The molecular weight excluding hydrogens is 186 g/mol. The highest BCUT2D eigenvalue weighted by molar-refractivity contribution is 5.90. The first-order chi connectivity index (χ1) is 6.70. The van der Waals surface area contributed by atoms with Crippen molar-refractivity contribution >= 4 is 5.97 Å². The lowest BCUT2D eigenvalue weighted by Gasteiger charge is -2.01. The van der Waals surface area contributed by atoms with Crippen molar-refractivity contribution in [1.82, 2.24) is 24.5 Å². The number of aromatic carboxylic acids is 1. The molecule has 72 valence electrons. The van der Waals surface area contributed by atoms with E-state index in [0.717, 1.165) is 0 Å². The van der Waals surface area contributed by atoms with Crippen LogP contribution in [-0.4, -0.2) is 35.6 Å². The van der Waals surface area contributed by atoms with Gasteiger partial charge in [0.05, 0.1) is 6.20 Å². The lowest BCUT2D eigenvalue weighted by molar-refractivity contribution is 0.0696. The molecule has 0 amide bonds. The van der Waals surface area contributed by atoms with E-state index in [0.29, 0.717) is 5.82 Å². The van der Waals surface area contributed by atoms with Gasteiger partial charge in [0.2, 0.25) is 0 Å². The minimum atomic E-state index is -1.04. The maximum absolute atomic E-state index is 10.8. The van der Waals surface area contributed by atoms with Crippen molar-refractivity contribution in [3.8, 4) is 5.82 Å². The SMILES string of the molecule is Cn1ncc(C(=O)O)c1-n1cncn1. The highest BCUT2D eigenvalue weighted by Gasteiger charge is 2.16. The topological polar surface area (TPSA) is 85.8 Å². The normalized spacial score (nSPS) is 10.4. The van der Waals surface area contributed by atoms with Gasteiger partial charge in [0.15, 0.2) is 5.82 Å². The van der Waals surface area contributed by atoms with Crippen LogP contribution in [0.1, 0.15) is 10.4 Å². The van der Waals surface area contributed by atoms with Gasteiger partial charge >= 0.3 is 5.97 Å². The molecule has 2 rings (SSSR count). The second-order valence-corrected chi connectivity index (χ2v) is 2.65. The maximum Gasteiger partial charge on any atom is 0.341 e. The Hall–Kier alpha value is -2.18. The Morgan fingerprint density at radius 1 is 1.50 bits per heavy atom. The predicted octanol–water partition coefficient (Wildman–Crippen LogP) is -0.301. The summed E-state index contributed by atoms with van der Waals surface area (Å²) in [5.74, 6) is -0.654.